The van der Waals surface area contributed by atoms with Crippen molar-refractivity contribution in [3.63, 3.8) is 0 Å². The van der Waals surface area contributed by atoms with Crippen molar-refractivity contribution in [2.45, 2.75) is 43.7 Å². The Kier molecular flexibility index (Phi) is 6.58. The second-order valence-corrected chi connectivity index (χ2v) is 6.52. The molecule has 0 saturated carbocycles. The maximum atomic E-state index is 11.7. The normalized spacial score (nSPS) is 12.6. The van der Waals surface area contributed by atoms with E-state index >= 15 is 0 Å². The molecule has 0 aliphatic heterocycles. The van der Waals surface area contributed by atoms with E-state index in [-0.39, 0.29) is 12.0 Å². The first-order chi connectivity index (χ1) is 9.40. The van der Waals surface area contributed by atoms with Crippen LogP contribution in [-0.4, -0.2) is 29.8 Å². The summed E-state index contributed by atoms with van der Waals surface area (Å²) in [6.45, 7) is 5.63. The molecule has 0 radical (unpaired) electrons. The molecule has 0 aromatic heterocycles. The number of aldehydes is 1. The largest absolute Gasteiger partial charge is 0.445 e. The van der Waals surface area contributed by atoms with Crippen LogP contribution >= 0.6 is 11.8 Å². The number of thioether (sulfide) groups is 1. The number of rotatable bonds is 6. The molecule has 0 fully saturated rings. The number of hydrogen-bond acceptors (Lipinski definition) is 4. The molecule has 1 aromatic carbocycles. The fourth-order valence-corrected chi connectivity index (χ4v) is 2.38. The second kappa shape index (κ2) is 7.94. The van der Waals surface area contributed by atoms with E-state index in [0.717, 1.165) is 11.2 Å². The van der Waals surface area contributed by atoms with Gasteiger partial charge in [-0.25, -0.2) is 4.79 Å². The third-order valence-corrected chi connectivity index (χ3v) is 3.43. The van der Waals surface area contributed by atoms with Crippen molar-refractivity contribution in [3.8, 4) is 0 Å². The van der Waals surface area contributed by atoms with Gasteiger partial charge in [0.2, 0.25) is 0 Å². The van der Waals surface area contributed by atoms with E-state index in [4.69, 9.17) is 4.74 Å². The third-order valence-electron chi connectivity index (χ3n) is 2.29. The Morgan fingerprint density at radius 3 is 2.55 bits per heavy atom. The van der Waals surface area contributed by atoms with E-state index in [9.17, 15) is 9.59 Å². The minimum Gasteiger partial charge on any atom is -0.445 e. The summed E-state index contributed by atoms with van der Waals surface area (Å²) in [5.74, 6) is 0.556. The first kappa shape index (κ1) is 16.6. The van der Waals surface area contributed by atoms with Gasteiger partial charge in [-0.15, -0.1) is 11.8 Å². The summed E-state index contributed by atoms with van der Waals surface area (Å²) in [5, 5.41) is 2.72. The molecule has 0 aliphatic rings. The van der Waals surface area contributed by atoms with Gasteiger partial charge in [-0.1, -0.05) is 18.2 Å². The summed E-state index contributed by atoms with van der Waals surface area (Å²) in [7, 11) is 0. The zero-order valence-corrected chi connectivity index (χ0v) is 12.9. The Bertz CT molecular complexity index is 428. The van der Waals surface area contributed by atoms with Crippen LogP contribution in [-0.2, 0) is 9.53 Å². The molecular formula is C15H21NO3S. The van der Waals surface area contributed by atoms with Crippen LogP contribution in [0.25, 0.3) is 0 Å². The molecule has 0 saturated heterocycles. The maximum absolute atomic E-state index is 11.7. The van der Waals surface area contributed by atoms with Gasteiger partial charge in [0.05, 0.1) is 0 Å². The van der Waals surface area contributed by atoms with Crippen LogP contribution in [0.5, 0.6) is 0 Å². The van der Waals surface area contributed by atoms with Crippen molar-refractivity contribution in [1.82, 2.24) is 5.32 Å². The molecule has 0 spiro atoms. The fourth-order valence-electron chi connectivity index (χ4n) is 1.45. The highest BCUT2D eigenvalue weighted by atomic mass is 32.2. The lowest BCUT2D eigenvalue weighted by atomic mass is 10.1. The first-order valence-electron chi connectivity index (χ1n) is 6.51. The number of alkyl carbamates (subject to hydrolysis) is 1. The quantitative estimate of drug-likeness (QED) is 0.646. The van der Waals surface area contributed by atoms with Crippen molar-refractivity contribution in [1.29, 1.82) is 0 Å². The average Bonchev–Trinajstić information content (AvgIpc) is 2.35. The van der Waals surface area contributed by atoms with Gasteiger partial charge in [0.1, 0.15) is 12.4 Å². The molecule has 0 unspecified atom stereocenters. The molecule has 0 heterocycles. The Morgan fingerprint density at radius 1 is 1.35 bits per heavy atom. The van der Waals surface area contributed by atoms with Crippen molar-refractivity contribution in [2.24, 2.45) is 0 Å². The molecule has 20 heavy (non-hydrogen) atoms. The lowest BCUT2D eigenvalue weighted by Crippen LogP contribution is -2.42. The fraction of sp³-hybridized carbons (Fsp3) is 0.467. The summed E-state index contributed by atoms with van der Waals surface area (Å²) in [6, 6.07) is 9.81. The topological polar surface area (TPSA) is 55.4 Å². The van der Waals surface area contributed by atoms with E-state index < -0.39 is 12.2 Å². The molecule has 1 aromatic rings. The Hall–Kier alpha value is -1.49. The van der Waals surface area contributed by atoms with E-state index in [1.165, 1.54) is 0 Å². The van der Waals surface area contributed by atoms with E-state index in [2.05, 4.69) is 5.32 Å². The minimum atomic E-state index is -0.488. The maximum Gasteiger partial charge on any atom is 0.407 e. The Balaban J connectivity index is 2.48. The van der Waals surface area contributed by atoms with Crippen molar-refractivity contribution in [3.05, 3.63) is 30.3 Å². The van der Waals surface area contributed by atoms with Crippen molar-refractivity contribution in [2.75, 3.05) is 5.75 Å². The van der Waals surface area contributed by atoms with Gasteiger partial charge < -0.3 is 14.8 Å². The predicted octanol–water partition coefficient (Wildman–Crippen LogP) is 3.26. The smallest absolute Gasteiger partial charge is 0.407 e. The van der Waals surface area contributed by atoms with Gasteiger partial charge in [-0.2, -0.15) is 0 Å². The monoisotopic (exact) mass is 295 g/mol. The summed E-state index contributed by atoms with van der Waals surface area (Å²) < 4.78 is 5.29. The van der Waals surface area contributed by atoms with Gasteiger partial charge in [-0.3, -0.25) is 0 Å². The van der Waals surface area contributed by atoms with E-state index in [0.29, 0.717) is 5.75 Å². The summed E-state index contributed by atoms with van der Waals surface area (Å²) in [6.07, 6.45) is 0.0795. The summed E-state index contributed by atoms with van der Waals surface area (Å²) in [4.78, 5) is 23.5. The van der Waals surface area contributed by atoms with Crippen LogP contribution in [0.1, 0.15) is 27.2 Å². The standard InChI is InChI=1S/C15H21NO3S/c1-15(2,3)16-14(18)19-12(9-10-17)11-20-13-7-5-4-6-8-13/h4-8,10,12H,9,11H2,1-3H3,(H,16,18)/t12-/m1/s1. The van der Waals surface area contributed by atoms with Gasteiger partial charge in [-0.05, 0) is 32.9 Å². The molecule has 1 rings (SSSR count). The number of carbonyl (C=O) groups excluding carboxylic acids is 2. The molecule has 1 N–H and O–H groups in total. The van der Waals surface area contributed by atoms with Crippen LogP contribution < -0.4 is 5.32 Å². The molecule has 5 heteroatoms. The molecule has 4 nitrogen and oxygen atoms in total. The van der Waals surface area contributed by atoms with Gasteiger partial charge >= 0.3 is 6.09 Å². The highest BCUT2D eigenvalue weighted by molar-refractivity contribution is 7.99. The van der Waals surface area contributed by atoms with Crippen LogP contribution in [0.2, 0.25) is 0 Å². The number of ether oxygens (including phenoxy) is 1. The van der Waals surface area contributed by atoms with E-state index in [1.54, 1.807) is 11.8 Å². The molecule has 1 atom stereocenters. The molecule has 0 aliphatic carbocycles. The first-order valence-corrected chi connectivity index (χ1v) is 7.49. The van der Waals surface area contributed by atoms with Crippen LogP contribution in [0.4, 0.5) is 4.79 Å². The molecule has 1 amide bonds. The Morgan fingerprint density at radius 2 is 2.00 bits per heavy atom. The van der Waals surface area contributed by atoms with E-state index in [1.807, 2.05) is 51.1 Å². The van der Waals surface area contributed by atoms with Crippen LogP contribution in [0, 0.1) is 0 Å². The lowest BCUT2D eigenvalue weighted by molar-refractivity contribution is -0.109. The highest BCUT2D eigenvalue weighted by Gasteiger charge is 2.19. The average molecular weight is 295 g/mol. The highest BCUT2D eigenvalue weighted by Crippen LogP contribution is 2.20. The van der Waals surface area contributed by atoms with Crippen LogP contribution in [0.15, 0.2) is 35.2 Å². The number of benzene rings is 1. The Labute approximate surface area is 124 Å². The lowest BCUT2D eigenvalue weighted by Gasteiger charge is -2.22. The summed E-state index contributed by atoms with van der Waals surface area (Å²) >= 11 is 1.56. The minimum absolute atomic E-state index is 0.206. The number of hydrogen-bond donors (Lipinski definition) is 1. The zero-order valence-electron chi connectivity index (χ0n) is 12.1. The molecular weight excluding hydrogens is 274 g/mol. The van der Waals surface area contributed by atoms with Crippen molar-refractivity contribution < 1.29 is 14.3 Å². The van der Waals surface area contributed by atoms with Crippen molar-refractivity contribution >= 4 is 24.1 Å². The van der Waals surface area contributed by atoms with Gasteiger partial charge in [0.25, 0.3) is 0 Å². The predicted molar refractivity (Wildman–Crippen MR) is 81.0 cm³/mol. The zero-order chi connectivity index (χ0) is 15.0. The summed E-state index contributed by atoms with van der Waals surface area (Å²) in [5.41, 5.74) is -0.352. The number of amides is 1. The second-order valence-electron chi connectivity index (χ2n) is 5.43. The number of carbonyl (C=O) groups is 2. The molecule has 110 valence electrons. The number of nitrogens with one attached hydrogen (secondary N) is 1. The molecule has 0 bridgehead atoms. The van der Waals surface area contributed by atoms with Gasteiger partial charge in [0, 0.05) is 22.6 Å². The third kappa shape index (κ3) is 7.19. The SMILES string of the molecule is CC(C)(C)NC(=O)O[C@H](CC=O)CSc1ccccc1. The van der Waals surface area contributed by atoms with Crippen LogP contribution in [0.3, 0.4) is 0 Å². The van der Waals surface area contributed by atoms with Gasteiger partial charge in [0.15, 0.2) is 0 Å².